The van der Waals surface area contributed by atoms with Gasteiger partial charge in [0.25, 0.3) is 0 Å². The predicted molar refractivity (Wildman–Crippen MR) is 69.0 cm³/mol. The summed E-state index contributed by atoms with van der Waals surface area (Å²) >= 11 is 0. The van der Waals surface area contributed by atoms with Gasteiger partial charge in [0, 0.05) is 0 Å². The van der Waals surface area contributed by atoms with E-state index in [1.807, 2.05) is 12.1 Å². The highest BCUT2D eigenvalue weighted by atomic mass is 16.3. The molecule has 5 heteroatoms. The van der Waals surface area contributed by atoms with Gasteiger partial charge in [-0.05, 0) is 35.4 Å². The molecule has 2 amide bonds. The lowest BCUT2D eigenvalue weighted by molar-refractivity contribution is 0.256. The van der Waals surface area contributed by atoms with Crippen LogP contribution in [0, 0.1) is 0 Å². The topological polar surface area (TPSA) is 110 Å². The number of urea groups is 1. The molecule has 0 heterocycles. The molecule has 0 atom stereocenters. The minimum atomic E-state index is -0.833. The van der Waals surface area contributed by atoms with Crippen molar-refractivity contribution in [3.05, 3.63) is 48.5 Å². The zero-order valence-electron chi connectivity index (χ0n) is 9.58. The average molecular weight is 246 g/mol. The van der Waals surface area contributed by atoms with Crippen LogP contribution < -0.4 is 11.5 Å². The van der Waals surface area contributed by atoms with Crippen molar-refractivity contribution >= 4 is 6.03 Å². The number of hydrogen-bond acceptors (Lipinski definition) is 3. The van der Waals surface area contributed by atoms with Gasteiger partial charge in [-0.25, -0.2) is 4.79 Å². The Morgan fingerprint density at radius 2 is 1.17 bits per heavy atom. The summed E-state index contributed by atoms with van der Waals surface area (Å²) in [6.45, 7) is 0. The number of hydrogen-bond donors (Lipinski definition) is 4. The summed E-state index contributed by atoms with van der Waals surface area (Å²) in [7, 11) is 0. The summed E-state index contributed by atoms with van der Waals surface area (Å²) in [6.07, 6.45) is 0. The number of rotatable bonds is 1. The third kappa shape index (κ3) is 4.44. The summed E-state index contributed by atoms with van der Waals surface area (Å²) in [4.78, 5) is 9.00. The van der Waals surface area contributed by atoms with E-state index in [1.165, 1.54) is 0 Å². The second-order valence-electron chi connectivity index (χ2n) is 3.50. The Morgan fingerprint density at radius 1 is 0.833 bits per heavy atom. The Morgan fingerprint density at radius 3 is 1.44 bits per heavy atom. The van der Waals surface area contributed by atoms with E-state index in [-0.39, 0.29) is 11.5 Å². The van der Waals surface area contributed by atoms with Gasteiger partial charge < -0.3 is 21.7 Å². The smallest absolute Gasteiger partial charge is 0.309 e. The van der Waals surface area contributed by atoms with Gasteiger partial charge in [0.2, 0.25) is 0 Å². The van der Waals surface area contributed by atoms with E-state index >= 15 is 0 Å². The van der Waals surface area contributed by atoms with Gasteiger partial charge in [-0.3, -0.25) is 0 Å². The molecule has 2 aromatic carbocycles. The number of nitrogens with two attached hydrogens (primary N) is 2. The van der Waals surface area contributed by atoms with Gasteiger partial charge in [0.15, 0.2) is 0 Å². The highest BCUT2D eigenvalue weighted by Crippen LogP contribution is 2.25. The van der Waals surface area contributed by atoms with Crippen LogP contribution >= 0.6 is 0 Å². The average Bonchev–Trinajstić information content (AvgIpc) is 2.28. The fourth-order valence-corrected chi connectivity index (χ4v) is 1.37. The first-order valence-electron chi connectivity index (χ1n) is 5.12. The number of aromatic hydroxyl groups is 2. The summed E-state index contributed by atoms with van der Waals surface area (Å²) in [5.41, 5.74) is 10.3. The van der Waals surface area contributed by atoms with Crippen LogP contribution in [-0.4, -0.2) is 16.2 Å². The zero-order valence-corrected chi connectivity index (χ0v) is 9.58. The molecule has 0 radical (unpaired) electrons. The molecule has 2 rings (SSSR count). The molecule has 94 valence electrons. The van der Waals surface area contributed by atoms with Crippen molar-refractivity contribution < 1.29 is 15.0 Å². The maximum atomic E-state index is 9.28. The van der Waals surface area contributed by atoms with Crippen LogP contribution in [0.5, 0.6) is 11.5 Å². The summed E-state index contributed by atoms with van der Waals surface area (Å²) in [5.74, 6) is 0.455. The molecular formula is C13H14N2O3. The number of phenols is 2. The van der Waals surface area contributed by atoms with Gasteiger partial charge in [0.05, 0.1) is 0 Å². The lowest BCUT2D eigenvalue weighted by Gasteiger charge is -2.02. The van der Waals surface area contributed by atoms with Crippen LogP contribution in [0.25, 0.3) is 11.1 Å². The SMILES string of the molecule is NC(N)=O.Oc1cccc(-c2cccc(O)c2)c1. The van der Waals surface area contributed by atoms with Crippen molar-refractivity contribution in [3.8, 4) is 22.6 Å². The van der Waals surface area contributed by atoms with Crippen molar-refractivity contribution in [2.24, 2.45) is 11.5 Å². The highest BCUT2D eigenvalue weighted by Gasteiger charge is 1.98. The molecule has 0 saturated heterocycles. The van der Waals surface area contributed by atoms with Crippen LogP contribution in [0.15, 0.2) is 48.5 Å². The second kappa shape index (κ2) is 6.15. The number of carbonyl (C=O) groups is 1. The van der Waals surface area contributed by atoms with E-state index in [1.54, 1.807) is 36.4 Å². The molecule has 0 aliphatic carbocycles. The molecule has 0 spiro atoms. The van der Waals surface area contributed by atoms with E-state index in [0.29, 0.717) is 0 Å². The fourth-order valence-electron chi connectivity index (χ4n) is 1.37. The monoisotopic (exact) mass is 246 g/mol. The third-order valence-electron chi connectivity index (χ3n) is 2.03. The molecule has 18 heavy (non-hydrogen) atoms. The van der Waals surface area contributed by atoms with Crippen molar-refractivity contribution in [2.75, 3.05) is 0 Å². The third-order valence-corrected chi connectivity index (χ3v) is 2.03. The maximum absolute atomic E-state index is 9.28. The first kappa shape index (κ1) is 13.4. The maximum Gasteiger partial charge on any atom is 0.309 e. The quantitative estimate of drug-likeness (QED) is 0.615. The minimum Gasteiger partial charge on any atom is -0.508 e. The predicted octanol–water partition coefficient (Wildman–Crippen LogP) is 1.79. The Labute approximate surface area is 104 Å². The molecule has 0 saturated carbocycles. The van der Waals surface area contributed by atoms with Crippen molar-refractivity contribution in [1.82, 2.24) is 0 Å². The molecule has 0 bridgehead atoms. The number of primary amides is 2. The normalized spacial score (nSPS) is 9.11. The minimum absolute atomic E-state index is 0.228. The van der Waals surface area contributed by atoms with Crippen LogP contribution in [0.3, 0.4) is 0 Å². The van der Waals surface area contributed by atoms with Crippen molar-refractivity contribution in [2.45, 2.75) is 0 Å². The van der Waals surface area contributed by atoms with E-state index in [2.05, 4.69) is 11.5 Å². The van der Waals surface area contributed by atoms with Gasteiger partial charge in [-0.1, -0.05) is 24.3 Å². The van der Waals surface area contributed by atoms with Gasteiger partial charge in [-0.15, -0.1) is 0 Å². The van der Waals surface area contributed by atoms with Gasteiger partial charge >= 0.3 is 6.03 Å². The molecule has 0 fully saturated rings. The summed E-state index contributed by atoms with van der Waals surface area (Å²) in [6, 6.07) is 13.0. The molecule has 6 N–H and O–H groups in total. The van der Waals surface area contributed by atoms with Crippen LogP contribution in [-0.2, 0) is 0 Å². The Kier molecular flexibility index (Phi) is 4.57. The molecule has 2 aromatic rings. The number of amides is 2. The largest absolute Gasteiger partial charge is 0.508 e. The van der Waals surface area contributed by atoms with Crippen LogP contribution in [0.4, 0.5) is 4.79 Å². The summed E-state index contributed by atoms with van der Waals surface area (Å²) in [5, 5.41) is 18.6. The van der Waals surface area contributed by atoms with Crippen LogP contribution in [0.2, 0.25) is 0 Å². The van der Waals surface area contributed by atoms with Gasteiger partial charge in [0.1, 0.15) is 11.5 Å². The molecule has 0 unspecified atom stereocenters. The zero-order chi connectivity index (χ0) is 13.5. The molecular weight excluding hydrogens is 232 g/mol. The Balaban J connectivity index is 0.000000357. The number of carbonyl (C=O) groups excluding carboxylic acids is 1. The Hall–Kier alpha value is -2.69. The fraction of sp³-hybridized carbons (Fsp3) is 0. The van der Waals surface area contributed by atoms with Gasteiger partial charge in [-0.2, -0.15) is 0 Å². The molecule has 0 aliphatic rings. The molecule has 0 aliphatic heterocycles. The lowest BCUT2D eigenvalue weighted by atomic mass is 10.1. The number of phenolic OH excluding ortho intramolecular Hbond substituents is 2. The Bertz CT molecular complexity index is 494. The highest BCUT2D eigenvalue weighted by molar-refractivity contribution is 5.69. The lowest BCUT2D eigenvalue weighted by Crippen LogP contribution is -2.18. The molecule has 0 aromatic heterocycles. The van der Waals surface area contributed by atoms with E-state index < -0.39 is 6.03 Å². The van der Waals surface area contributed by atoms with Crippen molar-refractivity contribution in [1.29, 1.82) is 0 Å². The van der Waals surface area contributed by atoms with Crippen molar-refractivity contribution in [3.63, 3.8) is 0 Å². The molecule has 5 nitrogen and oxygen atoms in total. The van der Waals surface area contributed by atoms with E-state index in [4.69, 9.17) is 4.79 Å². The first-order valence-corrected chi connectivity index (χ1v) is 5.12. The first-order chi connectivity index (χ1) is 8.49. The standard InChI is InChI=1S/C12H10O2.CH4N2O/c13-11-5-1-3-9(7-11)10-4-2-6-12(14)8-10;2-1(3)4/h1-8,13-14H;(H4,2,3,4). The van der Waals surface area contributed by atoms with Crippen LogP contribution in [0.1, 0.15) is 0 Å². The second-order valence-corrected chi connectivity index (χ2v) is 3.50. The number of benzene rings is 2. The summed E-state index contributed by atoms with van der Waals surface area (Å²) < 4.78 is 0. The van der Waals surface area contributed by atoms with E-state index in [0.717, 1.165) is 11.1 Å². The van der Waals surface area contributed by atoms with E-state index in [9.17, 15) is 10.2 Å².